The monoisotopic (exact) mass is 574 g/mol. The van der Waals surface area contributed by atoms with Crippen LogP contribution in [0.25, 0.3) is 0 Å². The number of nitrogens with one attached hydrogen (secondary N) is 2. The van der Waals surface area contributed by atoms with Crippen molar-refractivity contribution in [3.05, 3.63) is 94.1 Å². The van der Waals surface area contributed by atoms with Crippen molar-refractivity contribution in [3.8, 4) is 0 Å². The Morgan fingerprint density at radius 3 is 1.21 bits per heavy atom. The Labute approximate surface area is 244 Å². The minimum Gasteiger partial charge on any atom is -0.458 e. The first-order valence-electron chi connectivity index (χ1n) is 13.6. The zero-order chi connectivity index (χ0) is 30.8. The van der Waals surface area contributed by atoms with Crippen LogP contribution in [0.5, 0.6) is 0 Å². The number of benzene rings is 2. The number of rotatable bonds is 6. The fraction of sp³-hybridized carbons (Fsp3) is 0.312. The molecule has 220 valence electrons. The lowest BCUT2D eigenvalue weighted by Gasteiger charge is -2.05. The van der Waals surface area contributed by atoms with Crippen LogP contribution < -0.4 is 10.6 Å². The topological polar surface area (TPSA) is 145 Å². The molecule has 1 saturated carbocycles. The van der Waals surface area contributed by atoms with Gasteiger partial charge in [0.15, 0.2) is 0 Å². The molecule has 0 atom stereocenters. The molecule has 10 heteroatoms. The molecule has 0 spiro atoms. The maximum Gasteiger partial charge on any atom is 0.338 e. The Balaban J connectivity index is 0.000000192. The third-order valence-electron chi connectivity index (χ3n) is 6.34. The average Bonchev–Trinajstić information content (AvgIpc) is 3.44. The fourth-order valence-electron chi connectivity index (χ4n) is 4.19. The van der Waals surface area contributed by atoms with Crippen molar-refractivity contribution in [3.63, 3.8) is 0 Å². The van der Waals surface area contributed by atoms with Gasteiger partial charge in [-0.05, 0) is 61.4 Å². The van der Waals surface area contributed by atoms with Gasteiger partial charge in [-0.15, -0.1) is 0 Å². The molecule has 2 aromatic rings. The van der Waals surface area contributed by atoms with E-state index in [0.29, 0.717) is 0 Å². The van der Waals surface area contributed by atoms with Gasteiger partial charge in [0, 0.05) is 0 Å². The van der Waals surface area contributed by atoms with Crippen molar-refractivity contribution in [1.29, 1.82) is 0 Å². The molecule has 1 fully saturated rings. The summed E-state index contributed by atoms with van der Waals surface area (Å²) in [5.41, 5.74) is 2.86. The van der Waals surface area contributed by atoms with Gasteiger partial charge in [0.1, 0.15) is 13.2 Å². The summed E-state index contributed by atoms with van der Waals surface area (Å²) in [6, 6.07) is 8.50. The SMILES string of the molecule is C1CCCCC1.C=C(C)COC(=O)c1ccc2c(c1)C(=O)NC2=O.C=C(C)COC(=O)c1ccc2c(c1)C(=O)NC2=O. The maximum atomic E-state index is 11.7. The van der Waals surface area contributed by atoms with Crippen molar-refractivity contribution < 1.29 is 38.2 Å². The number of amides is 4. The van der Waals surface area contributed by atoms with Gasteiger partial charge in [0.25, 0.3) is 23.6 Å². The van der Waals surface area contributed by atoms with Gasteiger partial charge in [0.05, 0.1) is 33.4 Å². The molecular formula is C32H34N2O8. The van der Waals surface area contributed by atoms with Gasteiger partial charge < -0.3 is 9.47 Å². The highest BCUT2D eigenvalue weighted by Crippen LogP contribution is 2.19. The molecule has 0 unspecified atom stereocenters. The van der Waals surface area contributed by atoms with Crippen LogP contribution >= 0.6 is 0 Å². The third-order valence-corrected chi connectivity index (χ3v) is 6.34. The van der Waals surface area contributed by atoms with Crippen LogP contribution in [0.4, 0.5) is 0 Å². The summed E-state index contributed by atoms with van der Waals surface area (Å²) in [6.45, 7) is 11.0. The number of fused-ring (bicyclic) bond motifs is 2. The number of carbonyl (C=O) groups is 6. The van der Waals surface area contributed by atoms with Gasteiger partial charge in [-0.25, -0.2) is 9.59 Å². The number of hydrogen-bond acceptors (Lipinski definition) is 8. The molecule has 42 heavy (non-hydrogen) atoms. The zero-order valence-electron chi connectivity index (χ0n) is 23.8. The predicted octanol–water partition coefficient (Wildman–Crippen LogP) is 4.95. The highest BCUT2D eigenvalue weighted by Gasteiger charge is 2.28. The molecular weight excluding hydrogens is 540 g/mol. The molecule has 0 aromatic heterocycles. The molecule has 10 nitrogen and oxygen atoms in total. The second-order valence-corrected chi connectivity index (χ2v) is 10.3. The van der Waals surface area contributed by atoms with Crippen LogP contribution in [0, 0.1) is 0 Å². The Morgan fingerprint density at radius 2 is 0.905 bits per heavy atom. The molecule has 0 radical (unpaired) electrons. The van der Waals surface area contributed by atoms with E-state index < -0.39 is 35.6 Å². The lowest BCUT2D eigenvalue weighted by atomic mass is 10.0. The zero-order valence-corrected chi connectivity index (χ0v) is 23.8. The number of hydrogen-bond donors (Lipinski definition) is 2. The number of esters is 2. The van der Waals surface area contributed by atoms with Gasteiger partial charge in [-0.2, -0.15) is 0 Å². The Bertz CT molecular complexity index is 1340. The van der Waals surface area contributed by atoms with E-state index in [0.717, 1.165) is 11.1 Å². The van der Waals surface area contributed by atoms with E-state index in [9.17, 15) is 28.8 Å². The first-order valence-corrected chi connectivity index (χ1v) is 13.6. The van der Waals surface area contributed by atoms with Crippen LogP contribution in [-0.2, 0) is 9.47 Å². The number of carbonyl (C=O) groups excluding carboxylic acids is 6. The molecule has 0 saturated heterocycles. The van der Waals surface area contributed by atoms with Crippen molar-refractivity contribution in [2.45, 2.75) is 52.4 Å². The minimum absolute atomic E-state index is 0.126. The molecule has 4 amide bonds. The highest BCUT2D eigenvalue weighted by atomic mass is 16.5. The maximum absolute atomic E-state index is 11.7. The normalized spacial score (nSPS) is 14.5. The van der Waals surface area contributed by atoms with E-state index >= 15 is 0 Å². The molecule has 2 aliphatic heterocycles. The average molecular weight is 575 g/mol. The van der Waals surface area contributed by atoms with E-state index in [-0.39, 0.29) is 46.6 Å². The van der Waals surface area contributed by atoms with Gasteiger partial charge in [-0.1, -0.05) is 51.7 Å². The van der Waals surface area contributed by atoms with Crippen LogP contribution in [0.2, 0.25) is 0 Å². The van der Waals surface area contributed by atoms with Gasteiger partial charge in [-0.3, -0.25) is 29.8 Å². The number of ether oxygens (including phenoxy) is 2. The van der Waals surface area contributed by atoms with E-state index in [4.69, 9.17) is 9.47 Å². The van der Waals surface area contributed by atoms with Gasteiger partial charge in [0.2, 0.25) is 0 Å². The standard InChI is InChI=1S/2C13H11NO4.C6H12/c2*1-7(2)6-18-13(17)8-3-4-9-10(5-8)12(16)14-11(9)15;1-2-4-6-5-3-1/h2*3-5H,1,6H2,2H3,(H,14,15,16);1-6H2. The van der Waals surface area contributed by atoms with Crippen LogP contribution in [0.1, 0.15) is 115 Å². The lowest BCUT2D eigenvalue weighted by Crippen LogP contribution is -2.19. The van der Waals surface area contributed by atoms with E-state index in [1.165, 1.54) is 74.9 Å². The largest absolute Gasteiger partial charge is 0.458 e. The fourth-order valence-corrected chi connectivity index (χ4v) is 4.19. The van der Waals surface area contributed by atoms with E-state index in [1.54, 1.807) is 13.8 Å². The second-order valence-electron chi connectivity index (χ2n) is 10.3. The second kappa shape index (κ2) is 14.7. The van der Waals surface area contributed by atoms with Crippen molar-refractivity contribution in [2.75, 3.05) is 13.2 Å². The smallest absolute Gasteiger partial charge is 0.338 e. The van der Waals surface area contributed by atoms with Crippen molar-refractivity contribution >= 4 is 35.6 Å². The van der Waals surface area contributed by atoms with Crippen molar-refractivity contribution in [1.82, 2.24) is 10.6 Å². The molecule has 3 aliphatic rings. The molecule has 2 heterocycles. The molecule has 2 N–H and O–H groups in total. The van der Waals surface area contributed by atoms with Crippen LogP contribution in [0.15, 0.2) is 60.7 Å². The number of imide groups is 2. The Kier molecular flexibility index (Phi) is 11.1. The Hall–Kier alpha value is -4.86. The summed E-state index contributed by atoms with van der Waals surface area (Å²) in [4.78, 5) is 68.8. The molecule has 2 aromatic carbocycles. The van der Waals surface area contributed by atoms with Gasteiger partial charge >= 0.3 is 11.9 Å². The minimum atomic E-state index is -0.548. The molecule has 5 rings (SSSR count). The Morgan fingerprint density at radius 1 is 0.595 bits per heavy atom. The van der Waals surface area contributed by atoms with Crippen LogP contribution in [-0.4, -0.2) is 48.8 Å². The van der Waals surface area contributed by atoms with Crippen molar-refractivity contribution in [2.24, 2.45) is 0 Å². The predicted molar refractivity (Wildman–Crippen MR) is 154 cm³/mol. The molecule has 1 aliphatic carbocycles. The summed E-state index contributed by atoms with van der Waals surface area (Å²) in [7, 11) is 0. The third kappa shape index (κ3) is 8.57. The first kappa shape index (κ1) is 31.7. The highest BCUT2D eigenvalue weighted by molar-refractivity contribution is 6.22. The summed E-state index contributed by atoms with van der Waals surface area (Å²) >= 11 is 0. The summed E-state index contributed by atoms with van der Waals surface area (Å²) < 4.78 is 9.91. The summed E-state index contributed by atoms with van der Waals surface area (Å²) in [5.74, 6) is -2.98. The van der Waals surface area contributed by atoms with Crippen LogP contribution in [0.3, 0.4) is 0 Å². The quantitative estimate of drug-likeness (QED) is 0.280. The van der Waals surface area contributed by atoms with E-state index in [2.05, 4.69) is 23.8 Å². The summed E-state index contributed by atoms with van der Waals surface area (Å²) in [5, 5.41) is 4.31. The lowest BCUT2D eigenvalue weighted by molar-refractivity contribution is 0.0531. The summed E-state index contributed by atoms with van der Waals surface area (Å²) in [6.07, 6.45) is 9.00. The molecule has 0 bridgehead atoms. The van der Waals surface area contributed by atoms with E-state index in [1.807, 2.05) is 0 Å². The first-order chi connectivity index (χ1) is 20.0.